The number of nitrogens with one attached hydrogen (secondary N) is 1. The Kier molecular flexibility index (Phi) is 6.75. The van der Waals surface area contributed by atoms with Crippen LogP contribution < -0.4 is 5.32 Å². The standard InChI is InChI=1S/C18H33N3/c1-4-9-19-17(16-8-7-15(6-3)13-16)14-18-20-10-12-21(18)11-5-2/h10,12,15-17,19H,4-9,11,13-14H2,1-3H3. The first kappa shape index (κ1) is 16.5. The lowest BCUT2D eigenvalue weighted by Crippen LogP contribution is -2.38. The number of rotatable bonds is 9. The van der Waals surface area contributed by atoms with Crippen LogP contribution in [0.3, 0.4) is 0 Å². The van der Waals surface area contributed by atoms with Gasteiger partial charge >= 0.3 is 0 Å². The normalized spacial score (nSPS) is 23.6. The summed E-state index contributed by atoms with van der Waals surface area (Å²) in [6.45, 7) is 9.06. The summed E-state index contributed by atoms with van der Waals surface area (Å²) in [4.78, 5) is 4.62. The fourth-order valence-electron chi connectivity index (χ4n) is 3.76. The minimum atomic E-state index is 0.611. The maximum atomic E-state index is 4.62. The molecule has 3 atom stereocenters. The Morgan fingerprint density at radius 1 is 1.29 bits per heavy atom. The number of imidazole rings is 1. The molecule has 21 heavy (non-hydrogen) atoms. The van der Waals surface area contributed by atoms with Crippen LogP contribution in [0.5, 0.6) is 0 Å². The molecule has 1 saturated carbocycles. The molecule has 1 N–H and O–H groups in total. The van der Waals surface area contributed by atoms with E-state index in [-0.39, 0.29) is 0 Å². The highest BCUT2D eigenvalue weighted by atomic mass is 15.1. The molecule has 0 spiro atoms. The van der Waals surface area contributed by atoms with Gasteiger partial charge in [-0.15, -0.1) is 0 Å². The highest BCUT2D eigenvalue weighted by molar-refractivity contribution is 4.98. The summed E-state index contributed by atoms with van der Waals surface area (Å²) in [6, 6.07) is 0.611. The van der Waals surface area contributed by atoms with Crippen LogP contribution in [0.1, 0.15) is 65.1 Å². The zero-order valence-electron chi connectivity index (χ0n) is 14.1. The number of aromatic nitrogens is 2. The quantitative estimate of drug-likeness (QED) is 0.744. The first-order valence-electron chi connectivity index (χ1n) is 9.01. The van der Waals surface area contributed by atoms with Crippen molar-refractivity contribution < 1.29 is 0 Å². The summed E-state index contributed by atoms with van der Waals surface area (Å²) in [5.74, 6) is 3.06. The van der Waals surface area contributed by atoms with E-state index in [1.807, 2.05) is 6.20 Å². The van der Waals surface area contributed by atoms with Crippen LogP contribution in [0.2, 0.25) is 0 Å². The second kappa shape index (κ2) is 8.57. The summed E-state index contributed by atoms with van der Waals surface area (Å²) in [6.07, 6.45) is 13.2. The zero-order valence-corrected chi connectivity index (χ0v) is 14.1. The largest absolute Gasteiger partial charge is 0.335 e. The molecule has 0 saturated heterocycles. The Balaban J connectivity index is 2.00. The molecule has 1 aromatic heterocycles. The molecule has 0 amide bonds. The van der Waals surface area contributed by atoms with Gasteiger partial charge in [-0.05, 0) is 44.1 Å². The van der Waals surface area contributed by atoms with Gasteiger partial charge in [-0.2, -0.15) is 0 Å². The summed E-state index contributed by atoms with van der Waals surface area (Å²) in [5.41, 5.74) is 0. The summed E-state index contributed by atoms with van der Waals surface area (Å²) in [5, 5.41) is 3.81. The van der Waals surface area contributed by atoms with Crippen molar-refractivity contribution in [1.29, 1.82) is 0 Å². The van der Waals surface area contributed by atoms with Gasteiger partial charge in [-0.1, -0.05) is 33.6 Å². The molecule has 3 heteroatoms. The van der Waals surface area contributed by atoms with Gasteiger partial charge in [0, 0.05) is 31.4 Å². The average Bonchev–Trinajstić information content (AvgIpc) is 3.13. The Morgan fingerprint density at radius 2 is 2.14 bits per heavy atom. The smallest absolute Gasteiger partial charge is 0.110 e. The van der Waals surface area contributed by atoms with Gasteiger partial charge in [-0.25, -0.2) is 4.98 Å². The van der Waals surface area contributed by atoms with Crippen molar-refractivity contribution >= 4 is 0 Å². The van der Waals surface area contributed by atoms with Crippen LogP contribution >= 0.6 is 0 Å². The summed E-state index contributed by atoms with van der Waals surface area (Å²) in [7, 11) is 0. The topological polar surface area (TPSA) is 29.9 Å². The van der Waals surface area contributed by atoms with Gasteiger partial charge in [0.25, 0.3) is 0 Å². The van der Waals surface area contributed by atoms with Gasteiger partial charge < -0.3 is 9.88 Å². The molecular weight excluding hydrogens is 258 g/mol. The van der Waals surface area contributed by atoms with E-state index < -0.39 is 0 Å². The number of aryl methyl sites for hydroxylation is 1. The van der Waals surface area contributed by atoms with Crippen molar-refractivity contribution in [3.63, 3.8) is 0 Å². The van der Waals surface area contributed by atoms with Gasteiger partial charge in [0.15, 0.2) is 0 Å². The van der Waals surface area contributed by atoms with E-state index in [9.17, 15) is 0 Å². The Hall–Kier alpha value is -0.830. The molecule has 1 aromatic rings. The molecule has 3 nitrogen and oxygen atoms in total. The van der Waals surface area contributed by atoms with E-state index in [0.29, 0.717) is 6.04 Å². The predicted octanol–water partition coefficient (Wildman–Crippen LogP) is 4.03. The number of hydrogen-bond acceptors (Lipinski definition) is 2. The van der Waals surface area contributed by atoms with Gasteiger partial charge in [0.2, 0.25) is 0 Å². The minimum Gasteiger partial charge on any atom is -0.335 e. The molecule has 120 valence electrons. The molecule has 2 rings (SSSR count). The molecule has 1 aliphatic carbocycles. The maximum absolute atomic E-state index is 4.62. The second-order valence-corrected chi connectivity index (χ2v) is 6.65. The number of hydrogen-bond donors (Lipinski definition) is 1. The van der Waals surface area contributed by atoms with Crippen molar-refractivity contribution in [2.45, 2.75) is 78.3 Å². The Labute approximate surface area is 130 Å². The molecular formula is C18H33N3. The van der Waals surface area contributed by atoms with E-state index in [4.69, 9.17) is 0 Å². The fourth-order valence-corrected chi connectivity index (χ4v) is 3.76. The van der Waals surface area contributed by atoms with E-state index in [1.54, 1.807) is 0 Å². The van der Waals surface area contributed by atoms with Crippen molar-refractivity contribution in [3.8, 4) is 0 Å². The lowest BCUT2D eigenvalue weighted by Gasteiger charge is -2.25. The van der Waals surface area contributed by atoms with Gasteiger partial charge in [0.05, 0.1) is 0 Å². The molecule has 0 radical (unpaired) electrons. The van der Waals surface area contributed by atoms with Crippen molar-refractivity contribution in [3.05, 3.63) is 18.2 Å². The molecule has 0 bridgehead atoms. The second-order valence-electron chi connectivity index (χ2n) is 6.65. The Morgan fingerprint density at radius 3 is 2.81 bits per heavy atom. The first-order valence-corrected chi connectivity index (χ1v) is 9.01. The third-order valence-electron chi connectivity index (χ3n) is 5.05. The highest BCUT2D eigenvalue weighted by Gasteiger charge is 2.30. The molecule has 3 unspecified atom stereocenters. The van der Waals surface area contributed by atoms with E-state index >= 15 is 0 Å². The van der Waals surface area contributed by atoms with E-state index in [1.165, 1.54) is 44.3 Å². The van der Waals surface area contributed by atoms with Crippen LogP contribution in [0.4, 0.5) is 0 Å². The van der Waals surface area contributed by atoms with Crippen LogP contribution in [0.25, 0.3) is 0 Å². The lowest BCUT2D eigenvalue weighted by atomic mass is 9.93. The van der Waals surface area contributed by atoms with Crippen molar-refractivity contribution in [1.82, 2.24) is 14.9 Å². The highest BCUT2D eigenvalue weighted by Crippen LogP contribution is 2.35. The third-order valence-corrected chi connectivity index (χ3v) is 5.05. The SMILES string of the molecule is CCCNC(Cc1nccn1CCC)C1CCC(CC)C1. The van der Waals surface area contributed by atoms with Crippen LogP contribution in [-0.2, 0) is 13.0 Å². The van der Waals surface area contributed by atoms with Gasteiger partial charge in [-0.3, -0.25) is 0 Å². The van der Waals surface area contributed by atoms with Crippen molar-refractivity contribution in [2.24, 2.45) is 11.8 Å². The lowest BCUT2D eigenvalue weighted by molar-refractivity contribution is 0.336. The molecule has 1 aliphatic rings. The first-order chi connectivity index (χ1) is 10.3. The van der Waals surface area contributed by atoms with E-state index in [0.717, 1.165) is 31.3 Å². The monoisotopic (exact) mass is 291 g/mol. The molecule has 0 aromatic carbocycles. The molecule has 0 aliphatic heterocycles. The number of nitrogens with zero attached hydrogens (tertiary/aromatic N) is 2. The van der Waals surface area contributed by atoms with Gasteiger partial charge in [0.1, 0.15) is 5.82 Å². The fraction of sp³-hybridized carbons (Fsp3) is 0.833. The maximum Gasteiger partial charge on any atom is 0.110 e. The summed E-state index contributed by atoms with van der Waals surface area (Å²) >= 11 is 0. The predicted molar refractivity (Wildman–Crippen MR) is 89.4 cm³/mol. The third kappa shape index (κ3) is 4.57. The summed E-state index contributed by atoms with van der Waals surface area (Å²) < 4.78 is 2.34. The van der Waals surface area contributed by atoms with Crippen molar-refractivity contribution in [2.75, 3.05) is 6.54 Å². The zero-order chi connectivity index (χ0) is 15.1. The average molecular weight is 291 g/mol. The molecule has 1 heterocycles. The Bertz CT molecular complexity index is 399. The minimum absolute atomic E-state index is 0.611. The van der Waals surface area contributed by atoms with E-state index in [2.05, 4.69) is 41.8 Å². The van der Waals surface area contributed by atoms with Crippen LogP contribution in [0.15, 0.2) is 12.4 Å². The van der Waals surface area contributed by atoms with Crippen LogP contribution in [0, 0.1) is 11.8 Å². The van der Waals surface area contributed by atoms with Crippen LogP contribution in [-0.4, -0.2) is 22.1 Å². The molecule has 1 fully saturated rings.